The largest absolute Gasteiger partial charge is 0.497 e. The predicted molar refractivity (Wildman–Crippen MR) is 130 cm³/mol. The van der Waals surface area contributed by atoms with E-state index in [-0.39, 0.29) is 6.04 Å². The Morgan fingerprint density at radius 1 is 1.12 bits per heavy atom. The van der Waals surface area contributed by atoms with Crippen LogP contribution >= 0.6 is 0 Å². The molecule has 6 rings (SSSR count). The van der Waals surface area contributed by atoms with Crippen LogP contribution in [0.1, 0.15) is 43.4 Å². The first-order valence-corrected chi connectivity index (χ1v) is 12.2. The van der Waals surface area contributed by atoms with Crippen molar-refractivity contribution in [3.8, 4) is 5.75 Å². The van der Waals surface area contributed by atoms with E-state index in [4.69, 9.17) is 4.74 Å². The van der Waals surface area contributed by atoms with Crippen molar-refractivity contribution in [2.24, 2.45) is 11.8 Å². The summed E-state index contributed by atoms with van der Waals surface area (Å²) in [5.41, 5.74) is 2.82. The van der Waals surface area contributed by atoms with E-state index in [1.165, 1.54) is 18.4 Å². The highest BCUT2D eigenvalue weighted by Gasteiger charge is 2.55. The first kappa shape index (κ1) is 22.3. The first-order valence-electron chi connectivity index (χ1n) is 12.2. The van der Waals surface area contributed by atoms with Crippen LogP contribution in [0.4, 0.5) is 0 Å². The number of piperidine rings is 3. The van der Waals surface area contributed by atoms with Crippen LogP contribution in [-0.4, -0.2) is 52.0 Å². The van der Waals surface area contributed by atoms with Gasteiger partial charge in [0.05, 0.1) is 25.7 Å². The van der Waals surface area contributed by atoms with E-state index >= 15 is 0 Å². The van der Waals surface area contributed by atoms with E-state index in [2.05, 4.69) is 42.2 Å². The number of aliphatic hydroxyl groups excluding tert-OH is 2. The molecule has 5 nitrogen and oxygen atoms in total. The summed E-state index contributed by atoms with van der Waals surface area (Å²) >= 11 is 0. The second kappa shape index (κ2) is 9.05. The highest BCUT2D eigenvalue weighted by Crippen LogP contribution is 2.47. The molecule has 5 heteroatoms. The smallest absolute Gasteiger partial charge is 0.136 e. The normalized spacial score (nSPS) is 28.5. The quantitative estimate of drug-likeness (QED) is 0.525. The van der Waals surface area contributed by atoms with Gasteiger partial charge in [0.2, 0.25) is 0 Å². The molecule has 3 aliphatic heterocycles. The average molecular weight is 448 g/mol. The van der Waals surface area contributed by atoms with Gasteiger partial charge < -0.3 is 19.4 Å². The van der Waals surface area contributed by atoms with Gasteiger partial charge in [-0.15, -0.1) is 0 Å². The Hall–Kier alpha value is -2.47. The second-order valence-corrected chi connectivity index (χ2v) is 10.0. The number of rotatable bonds is 7. The van der Waals surface area contributed by atoms with Gasteiger partial charge in [-0.3, -0.25) is 4.98 Å². The second-order valence-electron chi connectivity index (χ2n) is 10.0. The average Bonchev–Trinajstić information content (AvgIpc) is 2.87. The molecule has 4 heterocycles. The zero-order valence-corrected chi connectivity index (χ0v) is 19.6. The van der Waals surface area contributed by atoms with Crippen LogP contribution in [0, 0.1) is 11.8 Å². The fourth-order valence-electron chi connectivity index (χ4n) is 6.57. The molecule has 3 fully saturated rings. The molecule has 0 amide bonds. The van der Waals surface area contributed by atoms with Gasteiger partial charge >= 0.3 is 0 Å². The van der Waals surface area contributed by atoms with E-state index in [0.717, 1.165) is 52.8 Å². The SMILES string of the molecule is CCC1C[N@+]2(Cc3ccccc3)CC[C@H]1C[C@@H]2[C@H](O)C(O)c1ccnc2ccc(OC)cc12. The summed E-state index contributed by atoms with van der Waals surface area (Å²) in [6.07, 6.45) is 3.26. The van der Waals surface area contributed by atoms with Crippen molar-refractivity contribution in [2.45, 2.75) is 51.0 Å². The fraction of sp³-hybridized carbons (Fsp3) is 0.464. The number of ether oxygens (including phenoxy) is 1. The lowest BCUT2D eigenvalue weighted by Gasteiger charge is -2.59. The first-order chi connectivity index (χ1) is 16.0. The molecule has 174 valence electrons. The zero-order chi connectivity index (χ0) is 23.0. The number of methoxy groups -OCH3 is 1. The molecule has 3 aromatic rings. The van der Waals surface area contributed by atoms with Crippen LogP contribution < -0.4 is 4.74 Å². The summed E-state index contributed by atoms with van der Waals surface area (Å²) in [5.74, 6) is 2.04. The van der Waals surface area contributed by atoms with Gasteiger partial charge in [0.15, 0.2) is 0 Å². The molecule has 3 saturated heterocycles. The summed E-state index contributed by atoms with van der Waals surface area (Å²) < 4.78 is 6.27. The van der Waals surface area contributed by atoms with Gasteiger partial charge in [0.25, 0.3) is 0 Å². The van der Waals surface area contributed by atoms with Crippen molar-refractivity contribution < 1.29 is 19.4 Å². The third-order valence-electron chi connectivity index (χ3n) is 8.34. The van der Waals surface area contributed by atoms with Crippen molar-refractivity contribution in [3.63, 3.8) is 0 Å². The Kier molecular flexibility index (Phi) is 6.12. The third-order valence-corrected chi connectivity index (χ3v) is 8.34. The van der Waals surface area contributed by atoms with Crippen molar-refractivity contribution >= 4 is 10.9 Å². The molecule has 2 aromatic carbocycles. The molecule has 0 saturated carbocycles. The topological polar surface area (TPSA) is 62.6 Å². The number of fused-ring (bicyclic) bond motifs is 4. The maximum Gasteiger partial charge on any atom is 0.136 e. The molecule has 0 aliphatic carbocycles. The highest BCUT2D eigenvalue weighted by molar-refractivity contribution is 5.83. The number of nitrogens with zero attached hydrogens (tertiary/aromatic N) is 2. The third kappa shape index (κ3) is 4.03. The fourth-order valence-corrected chi connectivity index (χ4v) is 6.57. The van der Waals surface area contributed by atoms with E-state index in [1.54, 1.807) is 13.3 Å². The standard InChI is InChI=1S/C28H35N2O3/c1-3-20-18-30(17-19-7-5-4-6-8-19)14-12-21(20)15-26(30)28(32)27(31)23-11-13-29-25-10-9-22(33-2)16-24(23)25/h4-11,13,16,20-21,26-28,31-32H,3,12,14-15,17-18H2,1-2H3/q+1/t20?,21-,26+,27?,28-,30+/m0/s1. The number of aliphatic hydroxyl groups is 2. The lowest BCUT2D eigenvalue weighted by Crippen LogP contribution is -2.69. The molecule has 2 bridgehead atoms. The molecule has 1 aromatic heterocycles. The Morgan fingerprint density at radius 3 is 2.70 bits per heavy atom. The summed E-state index contributed by atoms with van der Waals surface area (Å²) in [4.78, 5) is 4.45. The molecule has 0 spiro atoms. The molecule has 3 aliphatic rings. The van der Waals surface area contributed by atoms with Crippen LogP contribution in [0.3, 0.4) is 0 Å². The molecule has 2 N–H and O–H groups in total. The van der Waals surface area contributed by atoms with E-state index in [9.17, 15) is 10.2 Å². The van der Waals surface area contributed by atoms with Crippen molar-refractivity contribution in [3.05, 3.63) is 71.9 Å². The number of pyridine rings is 1. The zero-order valence-electron chi connectivity index (χ0n) is 19.6. The summed E-state index contributed by atoms with van der Waals surface area (Å²) in [7, 11) is 1.64. The van der Waals surface area contributed by atoms with E-state index < -0.39 is 12.2 Å². The Bertz CT molecular complexity index is 1100. The van der Waals surface area contributed by atoms with Gasteiger partial charge in [-0.1, -0.05) is 37.3 Å². The predicted octanol–water partition coefficient (Wildman–Crippen LogP) is 4.47. The van der Waals surface area contributed by atoms with Gasteiger partial charge in [0, 0.05) is 35.9 Å². The van der Waals surface area contributed by atoms with Crippen LogP contribution in [0.15, 0.2) is 60.8 Å². The number of quaternary nitrogens is 1. The number of hydrogen-bond acceptors (Lipinski definition) is 4. The molecule has 6 atom stereocenters. The number of aromatic nitrogens is 1. The monoisotopic (exact) mass is 447 g/mol. The minimum atomic E-state index is -0.974. The number of benzene rings is 2. The van der Waals surface area contributed by atoms with Crippen LogP contribution in [0.2, 0.25) is 0 Å². The van der Waals surface area contributed by atoms with E-state index in [1.807, 2.05) is 24.3 Å². The van der Waals surface area contributed by atoms with Gasteiger partial charge in [-0.2, -0.15) is 0 Å². The Balaban J connectivity index is 1.50. The summed E-state index contributed by atoms with van der Waals surface area (Å²) in [6, 6.07) is 18.2. The van der Waals surface area contributed by atoms with E-state index in [0.29, 0.717) is 11.8 Å². The van der Waals surface area contributed by atoms with Crippen LogP contribution in [0.5, 0.6) is 5.75 Å². The Morgan fingerprint density at radius 2 is 1.94 bits per heavy atom. The van der Waals surface area contributed by atoms with Crippen LogP contribution in [-0.2, 0) is 6.54 Å². The van der Waals surface area contributed by atoms with Gasteiger partial charge in [-0.05, 0) is 42.2 Å². The van der Waals surface area contributed by atoms with Crippen molar-refractivity contribution in [2.75, 3.05) is 20.2 Å². The summed E-state index contributed by atoms with van der Waals surface area (Å²) in [5, 5.41) is 24.0. The summed E-state index contributed by atoms with van der Waals surface area (Å²) in [6.45, 7) is 5.34. The Labute approximate surface area is 196 Å². The highest BCUT2D eigenvalue weighted by atomic mass is 16.5. The van der Waals surface area contributed by atoms with Crippen molar-refractivity contribution in [1.29, 1.82) is 0 Å². The lowest BCUT2D eigenvalue weighted by molar-refractivity contribution is -0.985. The molecule has 2 unspecified atom stereocenters. The minimum Gasteiger partial charge on any atom is -0.497 e. The minimum absolute atomic E-state index is 0.00980. The molecular formula is C28H35N2O3+. The maximum absolute atomic E-state index is 11.7. The maximum atomic E-state index is 11.7. The van der Waals surface area contributed by atoms with Gasteiger partial charge in [0.1, 0.15) is 30.5 Å². The molecule has 33 heavy (non-hydrogen) atoms. The van der Waals surface area contributed by atoms with Crippen LogP contribution in [0.25, 0.3) is 10.9 Å². The molecular weight excluding hydrogens is 412 g/mol. The lowest BCUT2D eigenvalue weighted by atomic mass is 9.70. The van der Waals surface area contributed by atoms with Gasteiger partial charge in [-0.25, -0.2) is 0 Å². The van der Waals surface area contributed by atoms with Crippen molar-refractivity contribution in [1.82, 2.24) is 4.98 Å². The molecule has 0 radical (unpaired) electrons. The number of hydrogen-bond donors (Lipinski definition) is 2.